The van der Waals surface area contributed by atoms with Crippen LogP contribution in [-0.4, -0.2) is 39.4 Å². The monoisotopic (exact) mass is 427 g/mol. The number of thiophene rings is 1. The molecule has 0 radical (unpaired) electrons. The van der Waals surface area contributed by atoms with Crippen LogP contribution in [0, 0.1) is 6.92 Å². The number of carbonyl (C=O) groups excluding carboxylic acids is 1. The summed E-state index contributed by atoms with van der Waals surface area (Å²) in [4.78, 5) is 29.3. The van der Waals surface area contributed by atoms with Crippen LogP contribution >= 0.6 is 11.3 Å². The maximum Gasteiger partial charge on any atom is 0.351 e. The van der Waals surface area contributed by atoms with E-state index in [0.29, 0.717) is 11.1 Å². The molecule has 3 N–H and O–H groups in total. The van der Waals surface area contributed by atoms with Crippen LogP contribution in [0.3, 0.4) is 0 Å². The van der Waals surface area contributed by atoms with Crippen LogP contribution in [0.4, 0.5) is 5.82 Å². The van der Waals surface area contributed by atoms with E-state index in [-0.39, 0.29) is 18.8 Å². The molecule has 0 bridgehead atoms. The van der Waals surface area contributed by atoms with E-state index in [1.807, 2.05) is 36.6 Å². The highest BCUT2D eigenvalue weighted by Gasteiger charge is 2.36. The summed E-state index contributed by atoms with van der Waals surface area (Å²) in [6.45, 7) is 1.80. The normalized spacial score (nSPS) is 20.9. The van der Waals surface area contributed by atoms with Crippen LogP contribution in [0.15, 0.2) is 52.8 Å². The zero-order valence-corrected chi connectivity index (χ0v) is 17.0. The van der Waals surface area contributed by atoms with Crippen molar-refractivity contribution in [2.24, 2.45) is 0 Å². The Morgan fingerprint density at radius 3 is 2.83 bits per heavy atom. The Labute approximate surface area is 176 Å². The third-order valence-corrected chi connectivity index (χ3v) is 5.85. The minimum absolute atomic E-state index is 0.126. The Balaban J connectivity index is 1.46. The predicted molar refractivity (Wildman–Crippen MR) is 112 cm³/mol. The van der Waals surface area contributed by atoms with Gasteiger partial charge in [0.1, 0.15) is 24.8 Å². The van der Waals surface area contributed by atoms with E-state index < -0.39 is 30.1 Å². The number of carbonyl (C=O) groups is 1. The number of esters is 1. The number of nitrogens with two attached hydrogens (primary N) is 1. The first kappa shape index (κ1) is 20.3. The predicted octanol–water partition coefficient (Wildman–Crippen LogP) is 2.37. The number of aliphatic hydroxyl groups is 1. The lowest BCUT2D eigenvalue weighted by atomic mass is 10.1. The van der Waals surface area contributed by atoms with Crippen molar-refractivity contribution >= 4 is 23.1 Å². The molecule has 8 nitrogen and oxygen atoms in total. The molecular weight excluding hydrogens is 406 g/mol. The topological polar surface area (TPSA) is 117 Å². The molecule has 0 saturated carbocycles. The van der Waals surface area contributed by atoms with Gasteiger partial charge in [-0.2, -0.15) is 4.98 Å². The Morgan fingerprint density at radius 1 is 1.37 bits per heavy atom. The van der Waals surface area contributed by atoms with Gasteiger partial charge in [0.25, 0.3) is 0 Å². The summed E-state index contributed by atoms with van der Waals surface area (Å²) >= 11 is 1.48. The van der Waals surface area contributed by atoms with E-state index in [9.17, 15) is 14.7 Å². The number of hydrogen-bond acceptors (Lipinski definition) is 8. The van der Waals surface area contributed by atoms with Crippen molar-refractivity contribution in [3.63, 3.8) is 0 Å². The second kappa shape index (κ2) is 8.39. The summed E-state index contributed by atoms with van der Waals surface area (Å²) in [6, 6.07) is 10.8. The molecule has 1 aliphatic heterocycles. The largest absolute Gasteiger partial charge is 0.459 e. The fraction of sp³-hybridized carbons (Fsp3) is 0.286. The summed E-state index contributed by atoms with van der Waals surface area (Å²) in [5.41, 5.74) is 7.43. The molecule has 156 valence electrons. The summed E-state index contributed by atoms with van der Waals surface area (Å²) in [7, 11) is 0. The first-order valence-corrected chi connectivity index (χ1v) is 10.3. The first-order valence-electron chi connectivity index (χ1n) is 9.42. The third-order valence-electron chi connectivity index (χ3n) is 4.95. The number of benzene rings is 1. The number of aliphatic hydroxyl groups excluding tert-OH is 1. The van der Waals surface area contributed by atoms with Gasteiger partial charge in [-0.1, -0.05) is 23.8 Å². The fourth-order valence-corrected chi connectivity index (χ4v) is 4.02. The standard InChI is InChI=1S/C21H21N3O5S/c1-12-4-6-13(7-5-12)20(26)28-11-16-15(25)9-18(29-16)24-10-14(17-3-2-8-30-17)19(22)23-21(24)27/h2-8,10,15-16,18,25H,9,11H2,1H3,(H2,22,23,27)/t15-,16+,18+/m0/s1. The van der Waals surface area contributed by atoms with Crippen LogP contribution in [-0.2, 0) is 9.47 Å². The van der Waals surface area contributed by atoms with Crippen LogP contribution in [0.1, 0.15) is 28.6 Å². The average molecular weight is 427 g/mol. The Bertz CT molecular complexity index is 1090. The number of rotatable bonds is 5. The van der Waals surface area contributed by atoms with E-state index in [1.165, 1.54) is 15.9 Å². The highest BCUT2D eigenvalue weighted by Crippen LogP contribution is 2.32. The average Bonchev–Trinajstić information content (AvgIpc) is 3.37. The maximum atomic E-state index is 12.4. The molecule has 1 fully saturated rings. The number of aromatic nitrogens is 2. The number of nitrogens with zero attached hydrogens (tertiary/aromatic N) is 2. The molecule has 1 aromatic carbocycles. The lowest BCUT2D eigenvalue weighted by Gasteiger charge is -2.17. The zero-order chi connectivity index (χ0) is 21.3. The number of nitrogen functional groups attached to an aromatic ring is 1. The second-order valence-electron chi connectivity index (χ2n) is 7.10. The van der Waals surface area contributed by atoms with Crippen LogP contribution < -0.4 is 11.4 Å². The first-order chi connectivity index (χ1) is 14.4. The molecule has 2 aromatic heterocycles. The molecule has 1 aliphatic rings. The molecule has 3 aromatic rings. The lowest BCUT2D eigenvalue weighted by Crippen LogP contribution is -2.29. The molecular formula is C21H21N3O5S. The van der Waals surface area contributed by atoms with Crippen LogP contribution in [0.2, 0.25) is 0 Å². The molecule has 9 heteroatoms. The molecule has 30 heavy (non-hydrogen) atoms. The summed E-state index contributed by atoms with van der Waals surface area (Å²) in [5.74, 6) is -0.360. The number of hydrogen-bond donors (Lipinski definition) is 2. The van der Waals surface area contributed by atoms with E-state index >= 15 is 0 Å². The highest BCUT2D eigenvalue weighted by atomic mass is 32.1. The van der Waals surface area contributed by atoms with Gasteiger partial charge in [-0.25, -0.2) is 9.59 Å². The quantitative estimate of drug-likeness (QED) is 0.600. The van der Waals surface area contributed by atoms with Gasteiger partial charge in [0.2, 0.25) is 0 Å². The maximum absolute atomic E-state index is 12.4. The Kier molecular flexibility index (Phi) is 5.67. The van der Waals surface area contributed by atoms with Gasteiger partial charge in [-0.3, -0.25) is 4.57 Å². The summed E-state index contributed by atoms with van der Waals surface area (Å²) in [6.07, 6.45) is -0.617. The van der Waals surface area contributed by atoms with E-state index in [0.717, 1.165) is 10.4 Å². The van der Waals surface area contributed by atoms with Crippen molar-refractivity contribution in [3.05, 3.63) is 69.6 Å². The smallest absolute Gasteiger partial charge is 0.351 e. The summed E-state index contributed by atoms with van der Waals surface area (Å²) < 4.78 is 12.4. The second-order valence-corrected chi connectivity index (χ2v) is 8.05. The van der Waals surface area contributed by atoms with Crippen molar-refractivity contribution < 1.29 is 19.4 Å². The minimum atomic E-state index is -0.893. The van der Waals surface area contributed by atoms with Crippen LogP contribution in [0.25, 0.3) is 10.4 Å². The SMILES string of the molecule is Cc1ccc(C(=O)OC[C@H]2O[C@@H](n3cc(-c4cccs4)c(N)nc3=O)C[C@@H]2O)cc1. The molecule has 0 spiro atoms. The molecule has 0 unspecified atom stereocenters. The fourth-order valence-electron chi connectivity index (χ4n) is 3.28. The number of ether oxygens (including phenoxy) is 2. The number of aryl methyl sites for hydroxylation is 1. The zero-order valence-electron chi connectivity index (χ0n) is 16.2. The molecule has 3 atom stereocenters. The van der Waals surface area contributed by atoms with Gasteiger partial charge in [-0.15, -0.1) is 11.3 Å². The number of anilines is 1. The Morgan fingerprint density at radius 2 is 2.13 bits per heavy atom. The van der Waals surface area contributed by atoms with E-state index in [1.54, 1.807) is 18.3 Å². The van der Waals surface area contributed by atoms with Crippen LogP contribution in [0.5, 0.6) is 0 Å². The van der Waals surface area contributed by atoms with Gasteiger partial charge < -0.3 is 20.3 Å². The van der Waals surface area contributed by atoms with E-state index in [2.05, 4.69) is 4.98 Å². The van der Waals surface area contributed by atoms with Gasteiger partial charge in [-0.05, 0) is 30.5 Å². The van der Waals surface area contributed by atoms with Crippen molar-refractivity contribution in [1.29, 1.82) is 0 Å². The van der Waals surface area contributed by atoms with E-state index in [4.69, 9.17) is 15.2 Å². The summed E-state index contributed by atoms with van der Waals surface area (Å²) in [5, 5.41) is 12.3. The van der Waals surface area contributed by atoms with Crippen molar-refractivity contribution in [2.45, 2.75) is 31.8 Å². The lowest BCUT2D eigenvalue weighted by molar-refractivity contribution is -0.0531. The van der Waals surface area contributed by atoms with Crippen molar-refractivity contribution in [3.8, 4) is 10.4 Å². The molecule has 3 heterocycles. The van der Waals surface area contributed by atoms with Crippen molar-refractivity contribution in [1.82, 2.24) is 9.55 Å². The molecule has 0 aliphatic carbocycles. The van der Waals surface area contributed by atoms with Gasteiger partial charge in [0.05, 0.1) is 17.2 Å². The molecule has 0 amide bonds. The molecule has 4 rings (SSSR count). The molecule has 1 saturated heterocycles. The van der Waals surface area contributed by atoms with Gasteiger partial charge in [0, 0.05) is 17.5 Å². The highest BCUT2D eigenvalue weighted by molar-refractivity contribution is 7.13. The minimum Gasteiger partial charge on any atom is -0.459 e. The van der Waals surface area contributed by atoms with Gasteiger partial charge in [0.15, 0.2) is 0 Å². The van der Waals surface area contributed by atoms with Crippen molar-refractivity contribution in [2.75, 3.05) is 12.3 Å². The Hall–Kier alpha value is -3.01. The van der Waals surface area contributed by atoms with Gasteiger partial charge >= 0.3 is 11.7 Å². The third kappa shape index (κ3) is 4.13.